The van der Waals surface area contributed by atoms with Crippen LogP contribution in [0, 0.1) is 0 Å². The van der Waals surface area contributed by atoms with Gasteiger partial charge in [0.1, 0.15) is 5.00 Å². The second kappa shape index (κ2) is 5.17. The van der Waals surface area contributed by atoms with E-state index in [1.165, 1.54) is 11.4 Å². The molecule has 94 valence electrons. The molecule has 17 heavy (non-hydrogen) atoms. The summed E-state index contributed by atoms with van der Waals surface area (Å²) in [7, 11) is 0. The quantitative estimate of drug-likeness (QED) is 0.856. The Morgan fingerprint density at radius 3 is 2.65 bits per heavy atom. The topological polar surface area (TPSA) is 55.4 Å². The SMILES string of the molecule is CCOC(=O)c1ccsc1NC(=O)C(F)(F)F. The van der Waals surface area contributed by atoms with E-state index in [0.29, 0.717) is 0 Å². The highest BCUT2D eigenvalue weighted by Crippen LogP contribution is 2.26. The second-order valence-corrected chi connectivity index (χ2v) is 3.75. The maximum Gasteiger partial charge on any atom is 0.471 e. The number of nitrogens with one attached hydrogen (secondary N) is 1. The molecule has 4 nitrogen and oxygen atoms in total. The van der Waals surface area contributed by atoms with Crippen molar-refractivity contribution in [3.05, 3.63) is 17.0 Å². The fourth-order valence-electron chi connectivity index (χ4n) is 0.950. The predicted molar refractivity (Wildman–Crippen MR) is 55.0 cm³/mol. The molecule has 0 saturated heterocycles. The Bertz CT molecular complexity index is 427. The highest BCUT2D eigenvalue weighted by Gasteiger charge is 2.39. The second-order valence-electron chi connectivity index (χ2n) is 2.84. The number of carbonyl (C=O) groups is 2. The van der Waals surface area contributed by atoms with Gasteiger partial charge in [-0.1, -0.05) is 0 Å². The summed E-state index contributed by atoms with van der Waals surface area (Å²) in [6.45, 7) is 1.67. The first-order valence-electron chi connectivity index (χ1n) is 4.49. The molecule has 1 rings (SSSR count). The van der Waals surface area contributed by atoms with Crippen LogP contribution in [0.3, 0.4) is 0 Å². The summed E-state index contributed by atoms with van der Waals surface area (Å²) < 4.78 is 40.6. The Kier molecular flexibility index (Phi) is 4.11. The van der Waals surface area contributed by atoms with E-state index in [4.69, 9.17) is 0 Å². The molecule has 0 fully saturated rings. The molecule has 1 aromatic rings. The first-order chi connectivity index (χ1) is 7.86. The molecule has 0 saturated carbocycles. The highest BCUT2D eigenvalue weighted by molar-refractivity contribution is 7.14. The number of amides is 1. The molecule has 0 atom stereocenters. The number of halogens is 3. The summed E-state index contributed by atoms with van der Waals surface area (Å²) in [6, 6.07) is 1.29. The number of thiophene rings is 1. The maximum absolute atomic E-state index is 12.0. The highest BCUT2D eigenvalue weighted by atomic mass is 32.1. The molecule has 1 amide bonds. The smallest absolute Gasteiger partial charge is 0.462 e. The summed E-state index contributed by atoms with van der Waals surface area (Å²) >= 11 is 0.815. The lowest BCUT2D eigenvalue weighted by Gasteiger charge is -2.07. The van der Waals surface area contributed by atoms with Gasteiger partial charge in [0.05, 0.1) is 12.2 Å². The number of anilines is 1. The fraction of sp³-hybridized carbons (Fsp3) is 0.333. The Hall–Kier alpha value is -1.57. The van der Waals surface area contributed by atoms with Crippen LogP contribution in [0.25, 0.3) is 0 Å². The third-order valence-corrected chi connectivity index (χ3v) is 2.47. The van der Waals surface area contributed by atoms with Crippen molar-refractivity contribution in [2.45, 2.75) is 13.1 Å². The van der Waals surface area contributed by atoms with Crippen LogP contribution in [-0.2, 0) is 9.53 Å². The van der Waals surface area contributed by atoms with Crippen LogP contribution in [-0.4, -0.2) is 24.7 Å². The molecule has 1 aromatic heterocycles. The normalized spacial score (nSPS) is 11.1. The van der Waals surface area contributed by atoms with Gasteiger partial charge < -0.3 is 10.1 Å². The van der Waals surface area contributed by atoms with Gasteiger partial charge >= 0.3 is 18.1 Å². The van der Waals surface area contributed by atoms with Gasteiger partial charge in [-0.2, -0.15) is 13.2 Å². The third kappa shape index (κ3) is 3.45. The average Bonchev–Trinajstić information content (AvgIpc) is 2.64. The van der Waals surface area contributed by atoms with Gasteiger partial charge in [-0.25, -0.2) is 4.79 Å². The van der Waals surface area contributed by atoms with Crippen LogP contribution in [0.1, 0.15) is 17.3 Å². The number of alkyl halides is 3. The van der Waals surface area contributed by atoms with Crippen molar-refractivity contribution in [2.75, 3.05) is 11.9 Å². The van der Waals surface area contributed by atoms with Crippen LogP contribution < -0.4 is 5.32 Å². The van der Waals surface area contributed by atoms with Gasteiger partial charge in [-0.3, -0.25) is 4.79 Å². The zero-order valence-corrected chi connectivity index (χ0v) is 9.45. The molecule has 0 aliphatic heterocycles. The van der Waals surface area contributed by atoms with E-state index in [1.807, 2.05) is 0 Å². The van der Waals surface area contributed by atoms with E-state index >= 15 is 0 Å². The first kappa shape index (κ1) is 13.5. The molecule has 0 unspecified atom stereocenters. The Morgan fingerprint density at radius 2 is 2.12 bits per heavy atom. The fourth-order valence-corrected chi connectivity index (χ4v) is 1.72. The summed E-state index contributed by atoms with van der Waals surface area (Å²) in [5.41, 5.74) is -0.0885. The summed E-state index contributed by atoms with van der Waals surface area (Å²) in [5.74, 6) is -2.89. The Morgan fingerprint density at radius 1 is 1.47 bits per heavy atom. The lowest BCUT2D eigenvalue weighted by Crippen LogP contribution is -2.30. The zero-order chi connectivity index (χ0) is 13.1. The molecule has 0 spiro atoms. The van der Waals surface area contributed by atoms with Gasteiger partial charge in [0.15, 0.2) is 0 Å². The number of rotatable bonds is 3. The van der Waals surface area contributed by atoms with Crippen molar-refractivity contribution >= 4 is 28.2 Å². The molecule has 1 heterocycles. The first-order valence-corrected chi connectivity index (χ1v) is 5.37. The third-order valence-electron chi connectivity index (χ3n) is 1.65. The number of hydrogen-bond donors (Lipinski definition) is 1. The Labute approximate surface area is 98.4 Å². The minimum Gasteiger partial charge on any atom is -0.462 e. The van der Waals surface area contributed by atoms with Crippen molar-refractivity contribution in [2.24, 2.45) is 0 Å². The van der Waals surface area contributed by atoms with Gasteiger partial charge in [0.2, 0.25) is 0 Å². The number of carbonyl (C=O) groups excluding carboxylic acids is 2. The summed E-state index contributed by atoms with van der Waals surface area (Å²) in [6.07, 6.45) is -4.99. The van der Waals surface area contributed by atoms with Crippen LogP contribution in [0.4, 0.5) is 18.2 Å². The maximum atomic E-state index is 12.0. The molecular formula is C9H8F3NO3S. The molecule has 0 aliphatic carbocycles. The molecular weight excluding hydrogens is 259 g/mol. The number of ether oxygens (including phenoxy) is 1. The average molecular weight is 267 g/mol. The summed E-state index contributed by atoms with van der Waals surface area (Å²) in [4.78, 5) is 22.0. The van der Waals surface area contributed by atoms with Crippen molar-refractivity contribution in [3.8, 4) is 0 Å². The molecule has 0 bridgehead atoms. The predicted octanol–water partition coefficient (Wildman–Crippen LogP) is 2.43. The van der Waals surface area contributed by atoms with Crippen LogP contribution in [0.5, 0.6) is 0 Å². The van der Waals surface area contributed by atoms with Gasteiger partial charge in [0.25, 0.3) is 0 Å². The zero-order valence-electron chi connectivity index (χ0n) is 8.63. The van der Waals surface area contributed by atoms with Crippen LogP contribution in [0.15, 0.2) is 11.4 Å². The summed E-state index contributed by atoms with van der Waals surface area (Å²) in [5, 5.41) is 2.84. The van der Waals surface area contributed by atoms with Gasteiger partial charge in [-0.05, 0) is 18.4 Å². The van der Waals surface area contributed by atoms with E-state index in [9.17, 15) is 22.8 Å². The molecule has 0 aliphatic rings. The monoisotopic (exact) mass is 267 g/mol. The van der Waals surface area contributed by atoms with Crippen LogP contribution in [0.2, 0.25) is 0 Å². The lowest BCUT2D eigenvalue weighted by atomic mass is 10.3. The van der Waals surface area contributed by atoms with Crippen molar-refractivity contribution in [1.82, 2.24) is 0 Å². The molecule has 0 aromatic carbocycles. The molecule has 8 heteroatoms. The minimum absolute atomic E-state index is 0.0885. The van der Waals surface area contributed by atoms with E-state index in [2.05, 4.69) is 4.74 Å². The molecule has 0 radical (unpaired) electrons. The van der Waals surface area contributed by atoms with Crippen molar-refractivity contribution < 1.29 is 27.5 Å². The van der Waals surface area contributed by atoms with Gasteiger partial charge in [-0.15, -0.1) is 11.3 Å². The standard InChI is InChI=1S/C9H8F3NO3S/c1-2-16-7(14)5-3-4-17-6(5)13-8(15)9(10,11)12/h3-4H,2H2,1H3,(H,13,15). The van der Waals surface area contributed by atoms with Crippen LogP contribution >= 0.6 is 11.3 Å². The number of esters is 1. The largest absolute Gasteiger partial charge is 0.471 e. The van der Waals surface area contributed by atoms with Gasteiger partial charge in [0, 0.05) is 0 Å². The van der Waals surface area contributed by atoms with E-state index in [0.717, 1.165) is 11.3 Å². The minimum atomic E-state index is -4.99. The molecule has 1 N–H and O–H groups in total. The van der Waals surface area contributed by atoms with Crippen molar-refractivity contribution in [1.29, 1.82) is 0 Å². The number of hydrogen-bond acceptors (Lipinski definition) is 4. The van der Waals surface area contributed by atoms with E-state index in [-0.39, 0.29) is 17.2 Å². The lowest BCUT2D eigenvalue weighted by molar-refractivity contribution is -0.167. The van der Waals surface area contributed by atoms with E-state index < -0.39 is 18.1 Å². The Balaban J connectivity index is 2.83. The van der Waals surface area contributed by atoms with Crippen molar-refractivity contribution in [3.63, 3.8) is 0 Å². The van der Waals surface area contributed by atoms with E-state index in [1.54, 1.807) is 12.2 Å².